The Kier molecular flexibility index (Phi) is 44.7. The third-order valence-corrected chi connectivity index (χ3v) is 22.2. The number of carbonyl (C=O) groups excluding carboxylic acids is 4. The van der Waals surface area contributed by atoms with Gasteiger partial charge in [-0.2, -0.15) is 277 Å². The zero-order chi connectivity index (χ0) is 115. The van der Waals surface area contributed by atoms with E-state index in [-0.39, 0.29) is 122 Å². The van der Waals surface area contributed by atoms with Gasteiger partial charge in [0.2, 0.25) is 5.24 Å². The van der Waals surface area contributed by atoms with Gasteiger partial charge in [-0.15, -0.1) is 0 Å². The van der Waals surface area contributed by atoms with Crippen molar-refractivity contribution in [3.63, 3.8) is 0 Å². The molecule has 0 saturated carbocycles. The summed E-state index contributed by atoms with van der Waals surface area (Å²) in [6.07, 6.45) is -46.6. The maximum atomic E-state index is 14.4. The predicted octanol–water partition coefficient (Wildman–Crippen LogP) is 32.9. The number of halogens is 64. The normalized spacial score (nSPS) is 15.6. The first-order valence-electron chi connectivity index (χ1n) is 40.5. The molecule has 0 N–H and O–H groups in total. The fourth-order valence-corrected chi connectivity index (χ4v) is 13.1. The molecule has 0 aromatic carbocycles. The minimum atomic E-state index is -9.37. The maximum Gasteiger partial charge on any atom is 0.460 e. The molecular weight excluding hydrogens is 2220 g/mol. The number of hydrogen-bond donors (Lipinski definition) is 0. The lowest BCUT2D eigenvalue weighted by atomic mass is 9.72. The van der Waals surface area contributed by atoms with Crippen LogP contribution >= 0.6 is 11.6 Å². The van der Waals surface area contributed by atoms with Crippen LogP contribution in [0.15, 0.2) is 0 Å². The highest BCUT2D eigenvalue weighted by molar-refractivity contribution is 6.63. The molecule has 0 aromatic heterocycles. The van der Waals surface area contributed by atoms with Crippen molar-refractivity contribution >= 4 is 34.8 Å². The highest BCUT2D eigenvalue weighted by Gasteiger charge is 3.02. The zero-order valence-corrected chi connectivity index (χ0v) is 72.2. The molecule has 858 valence electrons. The predicted molar refractivity (Wildman–Crippen MR) is 359 cm³/mol. The highest BCUT2D eigenvalue weighted by Crippen LogP contribution is 2.72. The maximum absolute atomic E-state index is 14.4. The van der Waals surface area contributed by atoms with E-state index in [1.54, 1.807) is 0 Å². The third kappa shape index (κ3) is 26.5. The SMILES string of the molecule is O=C(Cl)CCC(CCCOC(=O)CCCCCCCCCC(F)(F)C(F)(F)C(F)(F)C(F)(F)C(F)(F)C(F)(F)C(F)(F)C(F)(F)C(F)(F)C(F)(F)F)(CCCOC(=O)CCCCCCCCCC(F)(F)C(F)(F)C(F)(F)C(F)(F)C(F)(F)C(F)(F)C(F)(F)C(F)(F)C(F)(F)C(F)(F)F)CCCOC(=O)CCCCCCCCCC(F)(F)C(F)(F)C(F)(F)C(F)(F)C(F)(F)C(F)(F)C(F)(F)C(F)(F)C(F)(F)C(F)(F)F. The van der Waals surface area contributed by atoms with Crippen LogP contribution in [0.25, 0.3) is 0 Å². The van der Waals surface area contributed by atoms with Crippen LogP contribution in [-0.2, 0) is 33.4 Å². The minimum absolute atomic E-state index is 0.0693. The molecule has 0 fully saturated rings. The summed E-state index contributed by atoms with van der Waals surface area (Å²) in [7, 11) is 0. The lowest BCUT2D eigenvalue weighted by molar-refractivity contribution is -0.474. The van der Waals surface area contributed by atoms with Gasteiger partial charge in [0.25, 0.3) is 0 Å². The van der Waals surface area contributed by atoms with Crippen molar-refractivity contribution in [1.82, 2.24) is 0 Å². The second kappa shape index (κ2) is 46.7. The second-order valence-electron chi connectivity index (χ2n) is 32.6. The van der Waals surface area contributed by atoms with Crippen molar-refractivity contribution in [2.45, 2.75) is 403 Å². The molecular formula is C73H76ClF63O7. The van der Waals surface area contributed by atoms with Gasteiger partial charge in [0, 0.05) is 44.9 Å². The van der Waals surface area contributed by atoms with Crippen molar-refractivity contribution in [2.24, 2.45) is 5.41 Å². The van der Waals surface area contributed by atoms with Crippen LogP contribution in [0.4, 0.5) is 277 Å². The number of carbonyl (C=O) groups is 4. The minimum Gasteiger partial charge on any atom is -0.466 e. The molecule has 7 nitrogen and oxygen atoms in total. The van der Waals surface area contributed by atoms with Crippen LogP contribution in [0.3, 0.4) is 0 Å². The fourth-order valence-electron chi connectivity index (χ4n) is 13.0. The van der Waals surface area contributed by atoms with Crippen LogP contribution in [0.1, 0.15) is 225 Å². The molecule has 0 aliphatic carbocycles. The largest absolute Gasteiger partial charge is 0.466 e. The number of alkyl halides is 63. The summed E-state index contributed by atoms with van der Waals surface area (Å²) in [6, 6.07) is 0. The molecule has 0 amide bonds. The van der Waals surface area contributed by atoms with Crippen LogP contribution < -0.4 is 0 Å². The number of esters is 3. The smallest absolute Gasteiger partial charge is 0.460 e. The average molecular weight is 2300 g/mol. The van der Waals surface area contributed by atoms with E-state index in [0.29, 0.717) is 0 Å². The van der Waals surface area contributed by atoms with Gasteiger partial charge in [0.15, 0.2) is 0 Å². The number of unbranched alkanes of at least 4 members (excludes halogenated alkanes) is 18. The Bertz CT molecular complexity index is 3650. The summed E-state index contributed by atoms with van der Waals surface area (Å²) in [5.41, 5.74) is -1.21. The van der Waals surface area contributed by atoms with E-state index in [4.69, 9.17) is 25.8 Å². The summed E-state index contributed by atoms with van der Waals surface area (Å²) < 4.78 is 883. The summed E-state index contributed by atoms with van der Waals surface area (Å²) in [4.78, 5) is 50.1. The van der Waals surface area contributed by atoms with Crippen molar-refractivity contribution < 1.29 is 310 Å². The molecule has 0 radical (unpaired) electrons. The Morgan fingerprint density at radius 2 is 0.278 bits per heavy atom. The molecule has 0 atom stereocenters. The first kappa shape index (κ1) is 138. The number of hydrogen-bond acceptors (Lipinski definition) is 7. The lowest BCUT2D eigenvalue weighted by Gasteiger charge is -2.44. The monoisotopic (exact) mass is 2300 g/mol. The van der Waals surface area contributed by atoms with Crippen molar-refractivity contribution in [2.75, 3.05) is 19.8 Å². The molecule has 0 aliphatic heterocycles. The second-order valence-corrected chi connectivity index (χ2v) is 33.1. The summed E-state index contributed by atoms with van der Waals surface area (Å²) in [5.74, 6) is -239. The van der Waals surface area contributed by atoms with Crippen molar-refractivity contribution in [1.29, 1.82) is 0 Å². The van der Waals surface area contributed by atoms with E-state index in [1.807, 2.05) is 0 Å². The quantitative estimate of drug-likeness (QED) is 0.0197. The van der Waals surface area contributed by atoms with Gasteiger partial charge < -0.3 is 14.2 Å². The van der Waals surface area contributed by atoms with E-state index in [1.165, 1.54) is 0 Å². The van der Waals surface area contributed by atoms with Crippen LogP contribution in [0, 0.1) is 5.41 Å². The van der Waals surface area contributed by atoms with Gasteiger partial charge in [0.05, 0.1) is 19.8 Å². The summed E-state index contributed by atoms with van der Waals surface area (Å²) >= 11 is 5.60. The first-order chi connectivity index (χ1) is 63.5. The number of rotatable bonds is 69. The first-order valence-corrected chi connectivity index (χ1v) is 40.9. The average Bonchev–Trinajstić information content (AvgIpc) is 0.691. The van der Waals surface area contributed by atoms with Gasteiger partial charge >= 0.3 is 196 Å². The van der Waals surface area contributed by atoms with Crippen LogP contribution in [0.2, 0.25) is 0 Å². The van der Waals surface area contributed by atoms with E-state index in [2.05, 4.69) is 0 Å². The molecule has 0 aliphatic rings. The van der Waals surface area contributed by atoms with Crippen LogP contribution in [-0.4, -0.2) is 221 Å². The standard InChI is InChI=1S/C73H76ClF63O7/c74-39(138)28-35-43(29-22-36-142-40(139)25-16-10-4-1-7-13-19-32-44(75,76)47(81,82)50(87,88)53(93,94)56(99,100)59(105,106)62(111,112)65(117,118)68(123,124)71(129,130)131,30-23-37-143-41(140)26-17-11-5-2-8-14-20-33-45(77,78)48(83,84)51(89,90)54(95,96)57(101,102)60(107,108)63(113,114)66(119,120)69(125,126)72(132,133)134)31-24-38-144-42(141)27-18-12-6-3-9-15-21-34-46(79,80)49(85,86)52(91,92)55(97,98)58(103,104)61(109,110)64(115,116)67(121,122)70(127,128)73(135,136)137/h1-38H2. The summed E-state index contributed by atoms with van der Waals surface area (Å²) in [5, 5.41) is -1.03. The Morgan fingerprint density at radius 3 is 0.424 bits per heavy atom. The Morgan fingerprint density at radius 1 is 0.146 bits per heavy atom. The van der Waals surface area contributed by atoms with Gasteiger partial charge in [-0.25, -0.2) is 0 Å². The molecule has 0 rings (SSSR count). The molecule has 0 heterocycles. The Hall–Kier alpha value is -6.04. The molecule has 0 spiro atoms. The van der Waals surface area contributed by atoms with E-state index in [0.717, 1.165) is 0 Å². The van der Waals surface area contributed by atoms with Crippen LogP contribution in [0.5, 0.6) is 0 Å². The molecule has 0 aromatic rings. The topological polar surface area (TPSA) is 96.0 Å². The number of ether oxygens (including phenoxy) is 3. The van der Waals surface area contributed by atoms with Gasteiger partial charge in [-0.3, -0.25) is 19.2 Å². The molecule has 144 heavy (non-hydrogen) atoms. The van der Waals surface area contributed by atoms with E-state index in [9.17, 15) is 296 Å². The Labute approximate surface area is 772 Å². The van der Waals surface area contributed by atoms with Gasteiger partial charge in [-0.1, -0.05) is 96.3 Å². The third-order valence-electron chi connectivity index (χ3n) is 22.0. The van der Waals surface area contributed by atoms with E-state index >= 15 is 0 Å². The van der Waals surface area contributed by atoms with Crippen molar-refractivity contribution in [3.05, 3.63) is 0 Å². The van der Waals surface area contributed by atoms with E-state index < -0.39 is 330 Å². The van der Waals surface area contributed by atoms with Gasteiger partial charge in [0.1, 0.15) is 0 Å². The molecule has 71 heteroatoms. The van der Waals surface area contributed by atoms with Gasteiger partial charge in [-0.05, 0) is 100 Å². The van der Waals surface area contributed by atoms with Crippen molar-refractivity contribution in [3.8, 4) is 0 Å². The summed E-state index contributed by atoms with van der Waals surface area (Å²) in [6.45, 7) is -1.57. The molecule has 0 unspecified atom stereocenters. The lowest BCUT2D eigenvalue weighted by Crippen LogP contribution is -2.76. The Balaban J connectivity index is 6.29. The fraction of sp³-hybridized carbons (Fsp3) is 0.945. The highest BCUT2D eigenvalue weighted by atomic mass is 35.5. The zero-order valence-electron chi connectivity index (χ0n) is 71.4. The molecule has 0 bridgehead atoms. The molecule has 0 saturated heterocycles.